The van der Waals surface area contributed by atoms with Crippen LogP contribution < -0.4 is 0 Å². The first-order valence-corrected chi connectivity index (χ1v) is 7.05. The minimum atomic E-state index is 0.272. The molecule has 0 spiro atoms. The van der Waals surface area contributed by atoms with Gasteiger partial charge in [0.25, 0.3) is 0 Å². The first-order chi connectivity index (χ1) is 7.35. The summed E-state index contributed by atoms with van der Waals surface area (Å²) in [7, 11) is 0. The third-order valence-corrected chi connectivity index (χ3v) is 2.56. The van der Waals surface area contributed by atoms with Crippen LogP contribution in [0.15, 0.2) is 10.2 Å². The fraction of sp³-hybridized carbons (Fsp3) is 0.833. The first kappa shape index (κ1) is 15.4. The highest BCUT2D eigenvalue weighted by Crippen LogP contribution is 2.09. The molecule has 2 nitrogen and oxygen atoms in total. The third kappa shape index (κ3) is 10.7. The van der Waals surface area contributed by atoms with E-state index in [0.29, 0.717) is 13.2 Å². The maximum absolute atomic E-state index is 5.71. The number of hydrogen-bond acceptors (Lipinski definition) is 2. The van der Waals surface area contributed by atoms with Gasteiger partial charge in [0.15, 0.2) is 0 Å². The van der Waals surface area contributed by atoms with Gasteiger partial charge in [0.05, 0.1) is 19.3 Å². The summed E-state index contributed by atoms with van der Waals surface area (Å²) in [6.45, 7) is 6.40. The Labute approximate surface area is 108 Å². The highest BCUT2D eigenvalue weighted by Gasteiger charge is 2.03. The van der Waals surface area contributed by atoms with Crippen molar-refractivity contribution >= 4 is 22.6 Å². The summed E-state index contributed by atoms with van der Waals surface area (Å²) in [6, 6.07) is 0. The second-order valence-corrected chi connectivity index (χ2v) is 4.14. The lowest BCUT2D eigenvalue weighted by Crippen LogP contribution is -2.14. The Balaban J connectivity index is 3.54. The van der Waals surface area contributed by atoms with Crippen molar-refractivity contribution in [2.24, 2.45) is 0 Å². The summed E-state index contributed by atoms with van der Waals surface area (Å²) >= 11 is 2.24. The Morgan fingerprint density at radius 2 is 2.00 bits per heavy atom. The van der Waals surface area contributed by atoms with Gasteiger partial charge in [-0.1, -0.05) is 48.8 Å². The fourth-order valence-electron chi connectivity index (χ4n) is 1.31. The van der Waals surface area contributed by atoms with Crippen LogP contribution in [0.3, 0.4) is 0 Å². The predicted molar refractivity (Wildman–Crippen MR) is 73.5 cm³/mol. The summed E-state index contributed by atoms with van der Waals surface area (Å²) < 4.78 is 13.0. The molecule has 0 aromatic heterocycles. The molecule has 1 unspecified atom stereocenters. The molecule has 0 fully saturated rings. The third-order valence-electron chi connectivity index (χ3n) is 2.14. The zero-order chi connectivity index (χ0) is 11.4. The number of rotatable bonds is 10. The predicted octanol–water partition coefficient (Wildman–Crippen LogP) is 3.94. The van der Waals surface area contributed by atoms with Gasteiger partial charge in [-0.05, 0) is 23.5 Å². The molecule has 0 amide bonds. The molecule has 0 N–H and O–H groups in total. The van der Waals surface area contributed by atoms with E-state index in [1.165, 1.54) is 19.3 Å². The first-order valence-electron chi connectivity index (χ1n) is 5.81. The molecule has 0 aliphatic heterocycles. The van der Waals surface area contributed by atoms with E-state index in [4.69, 9.17) is 9.47 Å². The van der Waals surface area contributed by atoms with E-state index in [1.807, 2.05) is 11.0 Å². The van der Waals surface area contributed by atoms with Crippen LogP contribution in [0.4, 0.5) is 0 Å². The molecular formula is C12H23IO2. The van der Waals surface area contributed by atoms with Gasteiger partial charge in [-0.15, -0.1) is 0 Å². The lowest BCUT2D eigenvalue weighted by atomic mass is 10.1. The Morgan fingerprint density at radius 3 is 2.60 bits per heavy atom. The Kier molecular flexibility index (Phi) is 12.8. The Bertz CT molecular complexity index is 149. The average Bonchev–Trinajstić information content (AvgIpc) is 2.24. The van der Waals surface area contributed by atoms with Gasteiger partial charge in [-0.3, -0.25) is 0 Å². The highest BCUT2D eigenvalue weighted by atomic mass is 127. The molecule has 15 heavy (non-hydrogen) atoms. The molecule has 0 heterocycles. The van der Waals surface area contributed by atoms with Crippen molar-refractivity contribution in [2.45, 2.75) is 45.6 Å². The van der Waals surface area contributed by atoms with Gasteiger partial charge >= 0.3 is 0 Å². The van der Waals surface area contributed by atoms with Gasteiger partial charge in [-0.25, -0.2) is 0 Å². The molecule has 0 radical (unpaired) electrons. The summed E-state index contributed by atoms with van der Waals surface area (Å²) in [4.78, 5) is 0. The summed E-state index contributed by atoms with van der Waals surface area (Å²) in [6.07, 6.45) is 7.33. The van der Waals surface area contributed by atoms with Crippen molar-refractivity contribution in [3.63, 3.8) is 0 Å². The maximum Gasteiger partial charge on any atom is 0.0764 e. The van der Waals surface area contributed by atoms with Crippen LogP contribution in [-0.2, 0) is 9.47 Å². The van der Waals surface area contributed by atoms with Gasteiger partial charge in [0, 0.05) is 6.61 Å². The SMILES string of the molecule is CCCCCC(/C=C/I)OCCOCC. The van der Waals surface area contributed by atoms with Crippen LogP contribution in [-0.4, -0.2) is 25.9 Å². The molecule has 0 aromatic rings. The number of unbranched alkanes of at least 4 members (excludes halogenated alkanes) is 2. The molecule has 3 heteroatoms. The second-order valence-electron chi connectivity index (χ2n) is 3.42. The van der Waals surface area contributed by atoms with Crippen molar-refractivity contribution in [1.29, 1.82) is 0 Å². The van der Waals surface area contributed by atoms with Crippen LogP contribution in [0.1, 0.15) is 39.5 Å². The van der Waals surface area contributed by atoms with Crippen molar-refractivity contribution < 1.29 is 9.47 Å². The Hall–Kier alpha value is 0.390. The van der Waals surface area contributed by atoms with Crippen LogP contribution >= 0.6 is 22.6 Å². The lowest BCUT2D eigenvalue weighted by Gasteiger charge is -2.13. The van der Waals surface area contributed by atoms with E-state index >= 15 is 0 Å². The fourth-order valence-corrected chi connectivity index (χ4v) is 1.78. The maximum atomic E-state index is 5.71. The number of halogens is 1. The lowest BCUT2D eigenvalue weighted by molar-refractivity contribution is 0.0232. The molecule has 90 valence electrons. The monoisotopic (exact) mass is 326 g/mol. The normalized spacial score (nSPS) is 13.5. The molecule has 0 aromatic carbocycles. The van der Waals surface area contributed by atoms with E-state index < -0.39 is 0 Å². The molecule has 1 atom stereocenters. The van der Waals surface area contributed by atoms with E-state index in [9.17, 15) is 0 Å². The zero-order valence-corrected chi connectivity index (χ0v) is 12.0. The minimum Gasteiger partial charge on any atom is -0.379 e. The summed E-state index contributed by atoms with van der Waals surface area (Å²) in [5, 5.41) is 0. The molecule has 0 rings (SSSR count). The van der Waals surface area contributed by atoms with Crippen LogP contribution in [0.5, 0.6) is 0 Å². The molecule has 0 aliphatic carbocycles. The molecule has 0 saturated carbocycles. The molecular weight excluding hydrogens is 303 g/mol. The smallest absolute Gasteiger partial charge is 0.0764 e. The topological polar surface area (TPSA) is 18.5 Å². The van der Waals surface area contributed by atoms with Crippen molar-refractivity contribution in [3.8, 4) is 0 Å². The van der Waals surface area contributed by atoms with Gasteiger partial charge < -0.3 is 9.47 Å². The average molecular weight is 326 g/mol. The van der Waals surface area contributed by atoms with E-state index in [1.54, 1.807) is 0 Å². The highest BCUT2D eigenvalue weighted by molar-refractivity contribution is 14.1. The van der Waals surface area contributed by atoms with Gasteiger partial charge in [0.1, 0.15) is 0 Å². The minimum absolute atomic E-state index is 0.272. The van der Waals surface area contributed by atoms with E-state index in [0.717, 1.165) is 13.0 Å². The summed E-state index contributed by atoms with van der Waals surface area (Å²) in [5.74, 6) is 0. The summed E-state index contributed by atoms with van der Waals surface area (Å²) in [5.41, 5.74) is 0. The van der Waals surface area contributed by atoms with Crippen LogP contribution in [0.2, 0.25) is 0 Å². The number of hydrogen-bond donors (Lipinski definition) is 0. The van der Waals surface area contributed by atoms with Gasteiger partial charge in [0.2, 0.25) is 0 Å². The van der Waals surface area contributed by atoms with Crippen molar-refractivity contribution in [1.82, 2.24) is 0 Å². The van der Waals surface area contributed by atoms with Gasteiger partial charge in [-0.2, -0.15) is 0 Å². The van der Waals surface area contributed by atoms with Crippen LogP contribution in [0, 0.1) is 0 Å². The second kappa shape index (κ2) is 12.5. The zero-order valence-electron chi connectivity index (χ0n) is 9.88. The molecule has 0 aliphatic rings. The molecule has 0 bridgehead atoms. The van der Waals surface area contributed by atoms with E-state index in [-0.39, 0.29) is 6.10 Å². The van der Waals surface area contributed by atoms with Crippen molar-refractivity contribution in [3.05, 3.63) is 10.2 Å². The largest absolute Gasteiger partial charge is 0.379 e. The number of ether oxygens (including phenoxy) is 2. The standard InChI is InChI=1S/C12H23IO2/c1-3-5-6-7-12(8-9-13)15-11-10-14-4-2/h8-9,12H,3-7,10-11H2,1-2H3/b9-8+. The van der Waals surface area contributed by atoms with E-state index in [2.05, 4.69) is 35.6 Å². The quantitative estimate of drug-likeness (QED) is 0.447. The Morgan fingerprint density at radius 1 is 1.20 bits per heavy atom. The van der Waals surface area contributed by atoms with Crippen LogP contribution in [0.25, 0.3) is 0 Å². The van der Waals surface area contributed by atoms with Crippen molar-refractivity contribution in [2.75, 3.05) is 19.8 Å². The molecule has 0 saturated heterocycles.